The number of carbonyl (C=O) groups is 1. The minimum absolute atomic E-state index is 0.219. The maximum Gasteiger partial charge on any atom is 0.345 e. The molecule has 5 heteroatoms. The van der Waals surface area contributed by atoms with E-state index in [0.717, 1.165) is 11.1 Å². The Morgan fingerprint density at radius 1 is 1.07 bits per heavy atom. The molecule has 2 aromatic rings. The first-order chi connectivity index (χ1) is 13.5. The smallest absolute Gasteiger partial charge is 0.345 e. The first-order valence-corrected chi connectivity index (χ1v) is 9.32. The summed E-state index contributed by atoms with van der Waals surface area (Å²) in [5, 5.41) is 11.5. The maximum absolute atomic E-state index is 12.7. The van der Waals surface area contributed by atoms with Gasteiger partial charge >= 0.3 is 5.97 Å². The number of esters is 1. The summed E-state index contributed by atoms with van der Waals surface area (Å²) in [5.41, 5.74) is 3.26. The molecule has 0 saturated heterocycles. The molecule has 1 unspecified atom stereocenters. The second-order valence-corrected chi connectivity index (χ2v) is 7.26. The van der Waals surface area contributed by atoms with Gasteiger partial charge in [0, 0.05) is 17.6 Å². The number of hydrogen-bond acceptors (Lipinski definition) is 5. The maximum atomic E-state index is 12.7. The Kier molecular flexibility index (Phi) is 4.79. The third kappa shape index (κ3) is 3.23. The fourth-order valence-corrected chi connectivity index (χ4v) is 3.51. The molecular weight excluding hydrogens is 356 g/mol. The molecule has 144 valence electrons. The SMILES string of the molecule is CC(C)c1ccc(C2(O)OC(=O)C(C3=CCOO3)=C2Cc2ccccc2)cc1. The highest BCUT2D eigenvalue weighted by molar-refractivity contribution is 5.97. The molecule has 0 amide bonds. The minimum Gasteiger partial charge on any atom is -0.421 e. The third-order valence-corrected chi connectivity index (χ3v) is 5.08. The van der Waals surface area contributed by atoms with Crippen LogP contribution in [0.15, 0.2) is 77.6 Å². The topological polar surface area (TPSA) is 65.0 Å². The molecule has 28 heavy (non-hydrogen) atoms. The summed E-state index contributed by atoms with van der Waals surface area (Å²) in [7, 11) is 0. The van der Waals surface area contributed by atoms with Crippen LogP contribution in [0.2, 0.25) is 0 Å². The van der Waals surface area contributed by atoms with Crippen LogP contribution in [0.1, 0.15) is 36.5 Å². The summed E-state index contributed by atoms with van der Waals surface area (Å²) in [5.74, 6) is -1.84. The first-order valence-electron chi connectivity index (χ1n) is 9.32. The lowest BCUT2D eigenvalue weighted by molar-refractivity contribution is -0.231. The van der Waals surface area contributed by atoms with Gasteiger partial charge in [0.1, 0.15) is 12.2 Å². The van der Waals surface area contributed by atoms with Crippen molar-refractivity contribution in [2.45, 2.75) is 32.0 Å². The van der Waals surface area contributed by atoms with E-state index in [1.165, 1.54) is 0 Å². The number of carbonyl (C=O) groups excluding carboxylic acids is 1. The van der Waals surface area contributed by atoms with Gasteiger partial charge in [-0.1, -0.05) is 68.4 Å². The lowest BCUT2D eigenvalue weighted by Gasteiger charge is -2.26. The number of aliphatic hydroxyl groups is 1. The van der Waals surface area contributed by atoms with E-state index in [4.69, 9.17) is 14.5 Å². The summed E-state index contributed by atoms with van der Waals surface area (Å²) in [6, 6.07) is 17.1. The summed E-state index contributed by atoms with van der Waals surface area (Å²) < 4.78 is 5.51. The fraction of sp³-hybridized carbons (Fsp3) is 0.261. The highest BCUT2D eigenvalue weighted by atomic mass is 17.2. The highest BCUT2D eigenvalue weighted by Crippen LogP contribution is 2.44. The quantitative estimate of drug-likeness (QED) is 0.632. The van der Waals surface area contributed by atoms with Crippen LogP contribution in [0.3, 0.4) is 0 Å². The van der Waals surface area contributed by atoms with Crippen LogP contribution in [0.5, 0.6) is 0 Å². The minimum atomic E-state index is -1.86. The Morgan fingerprint density at radius 2 is 1.79 bits per heavy atom. The second-order valence-electron chi connectivity index (χ2n) is 7.26. The Balaban J connectivity index is 1.81. The van der Waals surface area contributed by atoms with Crippen molar-refractivity contribution in [3.8, 4) is 0 Å². The van der Waals surface area contributed by atoms with E-state index in [2.05, 4.69) is 13.8 Å². The van der Waals surface area contributed by atoms with Gasteiger partial charge in [0.25, 0.3) is 5.79 Å². The molecule has 1 N–H and O–H groups in total. The van der Waals surface area contributed by atoms with Gasteiger partial charge in [-0.25, -0.2) is 4.79 Å². The van der Waals surface area contributed by atoms with Crippen molar-refractivity contribution in [1.82, 2.24) is 0 Å². The van der Waals surface area contributed by atoms with E-state index in [9.17, 15) is 9.90 Å². The van der Waals surface area contributed by atoms with Crippen molar-refractivity contribution in [2.75, 3.05) is 6.61 Å². The van der Waals surface area contributed by atoms with Gasteiger partial charge in [0.15, 0.2) is 5.76 Å². The molecule has 0 radical (unpaired) electrons. The number of ether oxygens (including phenoxy) is 1. The second kappa shape index (κ2) is 7.26. The molecule has 0 saturated carbocycles. The van der Waals surface area contributed by atoms with Gasteiger partial charge in [0.2, 0.25) is 0 Å². The number of cyclic esters (lactones) is 1. The molecule has 2 heterocycles. The number of benzene rings is 2. The van der Waals surface area contributed by atoms with E-state index in [-0.39, 0.29) is 17.9 Å². The summed E-state index contributed by atoms with van der Waals surface area (Å²) in [6.07, 6.45) is 2.00. The van der Waals surface area contributed by atoms with Crippen LogP contribution in [-0.4, -0.2) is 17.7 Å². The number of hydrogen-bond donors (Lipinski definition) is 1. The van der Waals surface area contributed by atoms with E-state index < -0.39 is 11.8 Å². The van der Waals surface area contributed by atoms with E-state index in [1.807, 2.05) is 42.5 Å². The van der Waals surface area contributed by atoms with Crippen LogP contribution >= 0.6 is 0 Å². The molecule has 0 aliphatic carbocycles. The number of rotatable bonds is 5. The van der Waals surface area contributed by atoms with Crippen molar-refractivity contribution < 1.29 is 24.4 Å². The van der Waals surface area contributed by atoms with Crippen molar-refractivity contribution in [3.05, 3.63) is 94.3 Å². The van der Waals surface area contributed by atoms with Crippen LogP contribution in [0.4, 0.5) is 0 Å². The van der Waals surface area contributed by atoms with Crippen molar-refractivity contribution in [1.29, 1.82) is 0 Å². The zero-order chi connectivity index (χ0) is 19.7. The van der Waals surface area contributed by atoms with Gasteiger partial charge < -0.3 is 14.7 Å². The van der Waals surface area contributed by atoms with Crippen molar-refractivity contribution in [3.63, 3.8) is 0 Å². The Morgan fingerprint density at radius 3 is 2.39 bits per heavy atom. The molecule has 2 aromatic carbocycles. The van der Waals surface area contributed by atoms with Gasteiger partial charge in [-0.2, -0.15) is 4.89 Å². The van der Waals surface area contributed by atoms with Crippen molar-refractivity contribution >= 4 is 5.97 Å². The Hall–Kier alpha value is -2.89. The standard InChI is InChI=1S/C23H22O5/c1-15(2)17-8-10-18(11-9-17)23(25)19(14-16-6-4-3-5-7-16)21(22(24)27-23)20-12-13-26-28-20/h3-12,15,25H,13-14H2,1-2H3. The predicted octanol–water partition coefficient (Wildman–Crippen LogP) is 3.90. The molecule has 2 aliphatic heterocycles. The van der Waals surface area contributed by atoms with E-state index in [1.54, 1.807) is 18.2 Å². The van der Waals surface area contributed by atoms with Crippen LogP contribution in [0.25, 0.3) is 0 Å². The van der Waals surface area contributed by atoms with Gasteiger partial charge in [-0.3, -0.25) is 0 Å². The third-order valence-electron chi connectivity index (χ3n) is 5.08. The van der Waals surface area contributed by atoms with E-state index in [0.29, 0.717) is 23.5 Å². The van der Waals surface area contributed by atoms with E-state index >= 15 is 0 Å². The molecule has 0 fully saturated rings. The van der Waals surface area contributed by atoms with Crippen LogP contribution in [-0.2, 0) is 31.5 Å². The molecule has 0 spiro atoms. The van der Waals surface area contributed by atoms with Gasteiger partial charge in [-0.15, -0.1) is 0 Å². The largest absolute Gasteiger partial charge is 0.421 e. The monoisotopic (exact) mass is 378 g/mol. The van der Waals surface area contributed by atoms with Crippen LogP contribution < -0.4 is 0 Å². The molecule has 5 nitrogen and oxygen atoms in total. The molecule has 4 rings (SSSR count). The molecule has 0 aromatic heterocycles. The summed E-state index contributed by atoms with van der Waals surface area (Å²) in [4.78, 5) is 22.8. The summed E-state index contributed by atoms with van der Waals surface area (Å²) >= 11 is 0. The molecule has 0 bridgehead atoms. The normalized spacial score (nSPS) is 21.7. The lowest BCUT2D eigenvalue weighted by Crippen LogP contribution is -2.29. The first kappa shape index (κ1) is 18.5. The molecule has 1 atom stereocenters. The summed E-state index contributed by atoms with van der Waals surface area (Å²) in [6.45, 7) is 4.44. The van der Waals surface area contributed by atoms with Gasteiger partial charge in [0.05, 0.1) is 0 Å². The van der Waals surface area contributed by atoms with Crippen molar-refractivity contribution in [2.24, 2.45) is 0 Å². The average molecular weight is 378 g/mol. The van der Waals surface area contributed by atoms with Crippen LogP contribution in [0, 0.1) is 0 Å². The lowest BCUT2D eigenvalue weighted by atomic mass is 9.88. The average Bonchev–Trinajstić information content (AvgIpc) is 3.30. The molecular formula is C23H22O5. The Bertz CT molecular complexity index is 941. The Labute approximate surface area is 163 Å². The zero-order valence-electron chi connectivity index (χ0n) is 15.8. The predicted molar refractivity (Wildman–Crippen MR) is 103 cm³/mol. The molecule has 2 aliphatic rings. The zero-order valence-corrected chi connectivity index (χ0v) is 15.8. The van der Waals surface area contributed by atoms with Gasteiger partial charge in [-0.05, 0) is 23.1 Å². The fourth-order valence-electron chi connectivity index (χ4n) is 3.51. The highest BCUT2D eigenvalue weighted by Gasteiger charge is 2.49.